The minimum absolute atomic E-state index is 0.353. The fourth-order valence-electron chi connectivity index (χ4n) is 2.54. The summed E-state index contributed by atoms with van der Waals surface area (Å²) in [6.07, 6.45) is 5.50. The SMILES string of the molecule is CCc1nnc(NC(C)CC2CC2)c(C#N)c1CC. The van der Waals surface area contributed by atoms with Crippen LogP contribution in [0.4, 0.5) is 5.82 Å². The first-order valence-electron chi connectivity index (χ1n) is 7.24. The number of nitrogens with one attached hydrogen (secondary N) is 1. The van der Waals surface area contributed by atoms with Crippen LogP contribution < -0.4 is 5.32 Å². The predicted molar refractivity (Wildman–Crippen MR) is 75.9 cm³/mol. The molecule has 1 N–H and O–H groups in total. The molecule has 0 aromatic carbocycles. The van der Waals surface area contributed by atoms with Gasteiger partial charge in [0.15, 0.2) is 5.82 Å². The van der Waals surface area contributed by atoms with Crippen molar-refractivity contribution in [2.75, 3.05) is 5.32 Å². The maximum absolute atomic E-state index is 9.40. The lowest BCUT2D eigenvalue weighted by molar-refractivity contribution is 0.637. The molecule has 0 saturated heterocycles. The van der Waals surface area contributed by atoms with Crippen molar-refractivity contribution in [2.24, 2.45) is 5.92 Å². The fourth-order valence-corrected chi connectivity index (χ4v) is 2.54. The highest BCUT2D eigenvalue weighted by atomic mass is 15.2. The molecule has 1 unspecified atom stereocenters. The number of aromatic nitrogens is 2. The summed E-state index contributed by atoms with van der Waals surface area (Å²) in [5.41, 5.74) is 2.66. The van der Waals surface area contributed by atoms with Crippen molar-refractivity contribution in [3.8, 4) is 6.07 Å². The quantitative estimate of drug-likeness (QED) is 0.851. The summed E-state index contributed by atoms with van der Waals surface area (Å²) in [5.74, 6) is 1.52. The van der Waals surface area contributed by atoms with Crippen LogP contribution >= 0.6 is 0 Å². The van der Waals surface area contributed by atoms with Gasteiger partial charge >= 0.3 is 0 Å². The zero-order valence-corrected chi connectivity index (χ0v) is 12.0. The van der Waals surface area contributed by atoms with Crippen LogP contribution in [0.25, 0.3) is 0 Å². The Morgan fingerprint density at radius 2 is 2.05 bits per heavy atom. The highest BCUT2D eigenvalue weighted by Crippen LogP contribution is 2.34. The van der Waals surface area contributed by atoms with Crippen LogP contribution in [0.5, 0.6) is 0 Å². The third-order valence-electron chi connectivity index (χ3n) is 3.72. The summed E-state index contributed by atoms with van der Waals surface area (Å²) in [6, 6.07) is 2.65. The van der Waals surface area contributed by atoms with Crippen LogP contribution in [0.15, 0.2) is 0 Å². The Kier molecular flexibility index (Phi) is 4.36. The molecule has 4 nitrogen and oxygen atoms in total. The Hall–Kier alpha value is -1.63. The number of hydrogen-bond acceptors (Lipinski definition) is 4. The summed E-state index contributed by atoms with van der Waals surface area (Å²) < 4.78 is 0. The molecule has 1 heterocycles. The molecule has 1 aromatic rings. The van der Waals surface area contributed by atoms with Crippen molar-refractivity contribution in [1.29, 1.82) is 5.26 Å². The third-order valence-corrected chi connectivity index (χ3v) is 3.72. The van der Waals surface area contributed by atoms with Gasteiger partial charge in [0.2, 0.25) is 0 Å². The van der Waals surface area contributed by atoms with Crippen molar-refractivity contribution in [3.05, 3.63) is 16.8 Å². The van der Waals surface area contributed by atoms with Crippen LogP contribution in [0, 0.1) is 17.2 Å². The van der Waals surface area contributed by atoms with Crippen LogP contribution in [0.3, 0.4) is 0 Å². The van der Waals surface area contributed by atoms with Crippen LogP contribution in [0.2, 0.25) is 0 Å². The maximum atomic E-state index is 9.40. The molecular formula is C15H22N4. The van der Waals surface area contributed by atoms with E-state index in [-0.39, 0.29) is 0 Å². The molecule has 2 rings (SSSR count). The van der Waals surface area contributed by atoms with E-state index in [0.29, 0.717) is 17.4 Å². The van der Waals surface area contributed by atoms with E-state index in [2.05, 4.69) is 35.4 Å². The van der Waals surface area contributed by atoms with Gasteiger partial charge in [-0.15, -0.1) is 5.10 Å². The second-order valence-corrected chi connectivity index (χ2v) is 5.39. The smallest absolute Gasteiger partial charge is 0.167 e. The second-order valence-electron chi connectivity index (χ2n) is 5.39. The first-order chi connectivity index (χ1) is 9.19. The van der Waals surface area contributed by atoms with Gasteiger partial charge in [-0.05, 0) is 37.7 Å². The summed E-state index contributed by atoms with van der Waals surface area (Å²) in [6.45, 7) is 6.27. The summed E-state index contributed by atoms with van der Waals surface area (Å²) in [5, 5.41) is 21.2. The Morgan fingerprint density at radius 1 is 1.32 bits per heavy atom. The molecule has 0 bridgehead atoms. The first kappa shape index (κ1) is 13.8. The lowest BCUT2D eigenvalue weighted by atomic mass is 10.0. The number of hydrogen-bond donors (Lipinski definition) is 1. The number of nitrogens with zero attached hydrogens (tertiary/aromatic N) is 3. The molecule has 1 atom stereocenters. The van der Waals surface area contributed by atoms with Gasteiger partial charge in [0.1, 0.15) is 11.6 Å². The van der Waals surface area contributed by atoms with E-state index in [0.717, 1.165) is 36.4 Å². The number of nitriles is 1. The highest BCUT2D eigenvalue weighted by molar-refractivity contribution is 5.56. The van der Waals surface area contributed by atoms with E-state index >= 15 is 0 Å². The van der Waals surface area contributed by atoms with Gasteiger partial charge in [0.05, 0.1) is 5.69 Å². The van der Waals surface area contributed by atoms with Crippen molar-refractivity contribution in [1.82, 2.24) is 10.2 Å². The summed E-state index contributed by atoms with van der Waals surface area (Å²) >= 11 is 0. The molecule has 0 spiro atoms. The number of anilines is 1. The zero-order chi connectivity index (χ0) is 13.8. The fraction of sp³-hybridized carbons (Fsp3) is 0.667. The maximum Gasteiger partial charge on any atom is 0.167 e. The second kappa shape index (κ2) is 6.01. The van der Waals surface area contributed by atoms with E-state index in [1.165, 1.54) is 12.8 Å². The standard InChI is InChI=1S/C15H22N4/c1-4-12-13(9-16)15(19-18-14(12)5-2)17-10(3)8-11-6-7-11/h10-11H,4-8H2,1-3H3,(H,17,19). The first-order valence-corrected chi connectivity index (χ1v) is 7.24. The molecule has 4 heteroatoms. The molecule has 0 radical (unpaired) electrons. The lowest BCUT2D eigenvalue weighted by Gasteiger charge is -2.16. The molecule has 1 aliphatic rings. The van der Waals surface area contributed by atoms with Gasteiger partial charge in [-0.3, -0.25) is 0 Å². The van der Waals surface area contributed by atoms with Crippen molar-refractivity contribution in [2.45, 2.75) is 58.9 Å². The van der Waals surface area contributed by atoms with E-state index < -0.39 is 0 Å². The largest absolute Gasteiger partial charge is 0.365 e. The minimum atomic E-state index is 0.353. The van der Waals surface area contributed by atoms with Crippen LogP contribution in [-0.2, 0) is 12.8 Å². The summed E-state index contributed by atoms with van der Waals surface area (Å²) in [4.78, 5) is 0. The average molecular weight is 258 g/mol. The van der Waals surface area contributed by atoms with Gasteiger partial charge in [-0.1, -0.05) is 26.7 Å². The van der Waals surface area contributed by atoms with Crippen LogP contribution in [-0.4, -0.2) is 16.2 Å². The molecule has 102 valence electrons. The molecule has 1 saturated carbocycles. The zero-order valence-electron chi connectivity index (χ0n) is 12.0. The van der Waals surface area contributed by atoms with Crippen LogP contribution in [0.1, 0.15) is 56.9 Å². The van der Waals surface area contributed by atoms with Gasteiger partial charge in [0, 0.05) is 6.04 Å². The van der Waals surface area contributed by atoms with Gasteiger partial charge in [-0.25, -0.2) is 0 Å². The highest BCUT2D eigenvalue weighted by Gasteiger charge is 2.24. The molecular weight excluding hydrogens is 236 g/mol. The van der Waals surface area contributed by atoms with Crippen molar-refractivity contribution >= 4 is 5.82 Å². The van der Waals surface area contributed by atoms with E-state index in [1.807, 2.05) is 6.92 Å². The number of rotatable bonds is 6. The molecule has 1 fully saturated rings. The van der Waals surface area contributed by atoms with E-state index in [4.69, 9.17) is 0 Å². The molecule has 0 amide bonds. The Morgan fingerprint density at radius 3 is 2.58 bits per heavy atom. The molecule has 1 aromatic heterocycles. The Labute approximate surface area is 115 Å². The Bertz CT molecular complexity index is 486. The summed E-state index contributed by atoms with van der Waals surface area (Å²) in [7, 11) is 0. The minimum Gasteiger partial charge on any atom is -0.365 e. The van der Waals surface area contributed by atoms with E-state index in [9.17, 15) is 5.26 Å². The molecule has 1 aliphatic carbocycles. The topological polar surface area (TPSA) is 61.6 Å². The predicted octanol–water partition coefficient (Wildman–Crippen LogP) is 3.07. The molecule has 19 heavy (non-hydrogen) atoms. The third kappa shape index (κ3) is 3.23. The monoisotopic (exact) mass is 258 g/mol. The average Bonchev–Trinajstić information content (AvgIpc) is 3.21. The lowest BCUT2D eigenvalue weighted by Crippen LogP contribution is -2.19. The van der Waals surface area contributed by atoms with E-state index in [1.54, 1.807) is 0 Å². The Balaban J connectivity index is 2.21. The normalized spacial score (nSPS) is 15.9. The van der Waals surface area contributed by atoms with Crippen molar-refractivity contribution < 1.29 is 0 Å². The van der Waals surface area contributed by atoms with Gasteiger partial charge < -0.3 is 5.32 Å². The van der Waals surface area contributed by atoms with Gasteiger partial charge in [0.25, 0.3) is 0 Å². The molecule has 0 aliphatic heterocycles. The number of aryl methyl sites for hydroxylation is 1. The van der Waals surface area contributed by atoms with Crippen molar-refractivity contribution in [3.63, 3.8) is 0 Å². The van der Waals surface area contributed by atoms with Gasteiger partial charge in [-0.2, -0.15) is 10.4 Å².